The van der Waals surface area contributed by atoms with E-state index in [1.807, 2.05) is 0 Å². The van der Waals surface area contributed by atoms with Crippen molar-refractivity contribution in [1.29, 1.82) is 0 Å². The molecule has 0 amide bonds. The maximum Gasteiger partial charge on any atom is 0.307 e. The van der Waals surface area contributed by atoms with Crippen molar-refractivity contribution in [1.82, 2.24) is 0 Å². The van der Waals surface area contributed by atoms with E-state index < -0.39 is 5.97 Å². The molecule has 2 bridgehead atoms. The molecular formula is C10H15NO3. The van der Waals surface area contributed by atoms with Crippen molar-refractivity contribution in [2.75, 3.05) is 6.54 Å². The molecule has 3 rings (SSSR count). The first-order valence-electron chi connectivity index (χ1n) is 4.83. The Hall–Kier alpha value is -0.870. The number of carboxylic acids is 1. The standard InChI is InChI=1S/C10H13NO2.H2O/c11-4-10-6-2-1-5(3-6)7(10)8(10)9(12)13;/h1-2,5-8H,3-4,11H2,(H,12,13);1H2/t5?,6?,7?,8-,10+;/m1./s1. The van der Waals surface area contributed by atoms with Crippen LogP contribution in [0.5, 0.6) is 0 Å². The molecule has 0 heterocycles. The summed E-state index contributed by atoms with van der Waals surface area (Å²) >= 11 is 0. The maximum absolute atomic E-state index is 11.0. The summed E-state index contributed by atoms with van der Waals surface area (Å²) in [5.74, 6) is 0.512. The third kappa shape index (κ3) is 0.746. The van der Waals surface area contributed by atoms with Crippen LogP contribution in [-0.2, 0) is 4.79 Å². The summed E-state index contributed by atoms with van der Waals surface area (Å²) in [5, 5.41) is 9.04. The molecule has 3 aliphatic rings. The fraction of sp³-hybridized carbons (Fsp3) is 0.700. The molecule has 78 valence electrons. The Labute approximate surface area is 82.1 Å². The number of hydrogen-bond acceptors (Lipinski definition) is 2. The van der Waals surface area contributed by atoms with Crippen molar-refractivity contribution >= 4 is 5.97 Å². The van der Waals surface area contributed by atoms with Gasteiger partial charge in [0.05, 0.1) is 5.92 Å². The van der Waals surface area contributed by atoms with Crippen LogP contribution in [0.3, 0.4) is 0 Å². The van der Waals surface area contributed by atoms with Crippen molar-refractivity contribution in [3.8, 4) is 0 Å². The van der Waals surface area contributed by atoms with E-state index in [4.69, 9.17) is 10.8 Å². The van der Waals surface area contributed by atoms with Crippen LogP contribution in [0.15, 0.2) is 12.2 Å². The summed E-state index contributed by atoms with van der Waals surface area (Å²) in [6.45, 7) is 0.542. The molecule has 3 unspecified atom stereocenters. The Bertz CT molecular complexity index is 314. The number of allylic oxidation sites excluding steroid dienone is 2. The summed E-state index contributed by atoms with van der Waals surface area (Å²) in [7, 11) is 0. The molecule has 0 radical (unpaired) electrons. The first-order chi connectivity index (χ1) is 6.21. The van der Waals surface area contributed by atoms with Crippen LogP contribution in [0.2, 0.25) is 0 Å². The molecule has 0 spiro atoms. The van der Waals surface area contributed by atoms with E-state index in [1.165, 1.54) is 0 Å². The lowest BCUT2D eigenvalue weighted by molar-refractivity contribution is -0.140. The molecule has 3 aliphatic carbocycles. The molecule has 4 heteroatoms. The molecule has 14 heavy (non-hydrogen) atoms. The van der Waals surface area contributed by atoms with E-state index in [9.17, 15) is 4.79 Å². The second-order valence-electron chi connectivity index (χ2n) is 4.55. The van der Waals surface area contributed by atoms with E-state index >= 15 is 0 Å². The van der Waals surface area contributed by atoms with Crippen molar-refractivity contribution in [2.24, 2.45) is 34.8 Å². The summed E-state index contributed by atoms with van der Waals surface area (Å²) in [6.07, 6.45) is 5.51. The Balaban J connectivity index is 0.000000750. The molecule has 0 aliphatic heterocycles. The minimum Gasteiger partial charge on any atom is -0.481 e. The zero-order valence-electron chi connectivity index (χ0n) is 7.81. The lowest BCUT2D eigenvalue weighted by Crippen LogP contribution is -2.26. The molecule has 5 N–H and O–H groups in total. The Morgan fingerprint density at radius 1 is 1.57 bits per heavy atom. The van der Waals surface area contributed by atoms with Gasteiger partial charge in [-0.2, -0.15) is 0 Å². The topological polar surface area (TPSA) is 94.8 Å². The van der Waals surface area contributed by atoms with Gasteiger partial charge in [-0.1, -0.05) is 12.2 Å². The number of fused-ring (bicyclic) bond motifs is 5. The van der Waals surface area contributed by atoms with Crippen LogP contribution in [0.4, 0.5) is 0 Å². The van der Waals surface area contributed by atoms with E-state index in [0.29, 0.717) is 24.3 Å². The number of hydrogen-bond donors (Lipinski definition) is 2. The highest BCUT2D eigenvalue weighted by Gasteiger charge is 2.77. The van der Waals surface area contributed by atoms with Crippen LogP contribution in [0.25, 0.3) is 0 Å². The van der Waals surface area contributed by atoms with Crippen LogP contribution in [0.1, 0.15) is 6.42 Å². The van der Waals surface area contributed by atoms with Gasteiger partial charge in [0.1, 0.15) is 0 Å². The van der Waals surface area contributed by atoms with Gasteiger partial charge in [0.25, 0.3) is 0 Å². The Morgan fingerprint density at radius 2 is 2.29 bits per heavy atom. The van der Waals surface area contributed by atoms with E-state index in [1.54, 1.807) is 0 Å². The van der Waals surface area contributed by atoms with Gasteiger partial charge in [-0.25, -0.2) is 0 Å². The quantitative estimate of drug-likeness (QED) is 0.592. The SMILES string of the molecule is NC[C@]12C3C=CC(C3)C1[C@@H]2C(=O)O.O. The summed E-state index contributed by atoms with van der Waals surface area (Å²) in [4.78, 5) is 11.0. The van der Waals surface area contributed by atoms with Gasteiger partial charge >= 0.3 is 5.97 Å². The molecule has 2 fully saturated rings. The van der Waals surface area contributed by atoms with Crippen molar-refractivity contribution in [3.63, 3.8) is 0 Å². The van der Waals surface area contributed by atoms with Gasteiger partial charge in [-0.3, -0.25) is 4.79 Å². The first kappa shape index (κ1) is 9.68. The van der Waals surface area contributed by atoms with Gasteiger partial charge < -0.3 is 16.3 Å². The number of carbonyl (C=O) groups is 1. The smallest absolute Gasteiger partial charge is 0.307 e. The van der Waals surface area contributed by atoms with E-state index in [2.05, 4.69) is 12.2 Å². The molecule has 0 aromatic rings. The molecule has 0 saturated heterocycles. The Morgan fingerprint density at radius 3 is 2.79 bits per heavy atom. The zero-order valence-corrected chi connectivity index (χ0v) is 7.81. The average Bonchev–Trinajstić information content (AvgIpc) is 2.45. The first-order valence-corrected chi connectivity index (χ1v) is 4.83. The number of nitrogens with two attached hydrogens (primary N) is 1. The van der Waals surface area contributed by atoms with Crippen LogP contribution in [0, 0.1) is 29.1 Å². The largest absolute Gasteiger partial charge is 0.481 e. The predicted octanol–water partition coefficient (Wildman–Crippen LogP) is -0.357. The minimum absolute atomic E-state index is 0. The zero-order chi connectivity index (χ0) is 9.22. The number of carboxylic acid groups (broad SMARTS) is 1. The van der Waals surface area contributed by atoms with Gasteiger partial charge in [0.2, 0.25) is 0 Å². The van der Waals surface area contributed by atoms with Crippen molar-refractivity contribution in [3.05, 3.63) is 12.2 Å². The molecule has 0 aromatic heterocycles. The van der Waals surface area contributed by atoms with Crippen molar-refractivity contribution < 1.29 is 15.4 Å². The Kier molecular flexibility index (Phi) is 1.78. The fourth-order valence-electron chi connectivity index (χ4n) is 3.80. The monoisotopic (exact) mass is 197 g/mol. The molecular weight excluding hydrogens is 182 g/mol. The van der Waals surface area contributed by atoms with Crippen LogP contribution in [-0.4, -0.2) is 23.1 Å². The second kappa shape index (κ2) is 2.58. The summed E-state index contributed by atoms with van der Waals surface area (Å²) in [5.41, 5.74) is 5.68. The van der Waals surface area contributed by atoms with Gasteiger partial charge in [0.15, 0.2) is 0 Å². The van der Waals surface area contributed by atoms with Gasteiger partial charge in [0, 0.05) is 5.41 Å². The lowest BCUT2D eigenvalue weighted by atomic mass is 9.88. The van der Waals surface area contributed by atoms with Gasteiger partial charge in [-0.15, -0.1) is 0 Å². The molecule has 4 nitrogen and oxygen atoms in total. The third-order valence-electron chi connectivity index (χ3n) is 4.34. The van der Waals surface area contributed by atoms with Crippen LogP contribution >= 0.6 is 0 Å². The normalized spacial score (nSPS) is 51.2. The van der Waals surface area contributed by atoms with E-state index in [0.717, 1.165) is 6.42 Å². The lowest BCUT2D eigenvalue weighted by Gasteiger charge is -2.18. The maximum atomic E-state index is 11.0. The highest BCUT2D eigenvalue weighted by molar-refractivity contribution is 5.77. The predicted molar refractivity (Wildman–Crippen MR) is 50.5 cm³/mol. The number of aliphatic carboxylic acids is 1. The van der Waals surface area contributed by atoms with Gasteiger partial charge in [-0.05, 0) is 30.7 Å². The molecule has 2 saturated carbocycles. The molecule has 5 atom stereocenters. The van der Waals surface area contributed by atoms with Crippen LogP contribution < -0.4 is 5.73 Å². The average molecular weight is 197 g/mol. The second-order valence-corrected chi connectivity index (χ2v) is 4.55. The number of rotatable bonds is 2. The summed E-state index contributed by atoms with van der Waals surface area (Å²) in [6, 6.07) is 0. The highest BCUT2D eigenvalue weighted by Crippen LogP contribution is 2.75. The van der Waals surface area contributed by atoms with E-state index in [-0.39, 0.29) is 16.8 Å². The van der Waals surface area contributed by atoms with Crippen molar-refractivity contribution in [2.45, 2.75) is 6.42 Å². The third-order valence-corrected chi connectivity index (χ3v) is 4.34. The molecule has 0 aromatic carbocycles. The highest BCUT2D eigenvalue weighted by atomic mass is 16.4. The minimum atomic E-state index is -0.645. The summed E-state index contributed by atoms with van der Waals surface area (Å²) < 4.78 is 0. The fourth-order valence-corrected chi connectivity index (χ4v) is 3.80.